The number of fused-ring (bicyclic) bond motifs is 5. The molecule has 0 heterocycles. The minimum absolute atomic E-state index is 0.128. The molecule has 1 aromatic carbocycles. The van der Waals surface area contributed by atoms with Crippen molar-refractivity contribution in [1.82, 2.24) is 0 Å². The van der Waals surface area contributed by atoms with E-state index in [9.17, 15) is 9.90 Å². The fourth-order valence-corrected chi connectivity index (χ4v) is 7.89. The third-order valence-corrected chi connectivity index (χ3v) is 9.46. The minimum atomic E-state index is -0.944. The summed E-state index contributed by atoms with van der Waals surface area (Å²) in [4.78, 5) is 12.2. The lowest BCUT2D eigenvalue weighted by atomic mass is 9.46. The fourth-order valence-electron chi connectivity index (χ4n) is 7.89. The van der Waals surface area contributed by atoms with Crippen molar-refractivity contribution in [2.75, 3.05) is 5.73 Å². The first-order valence-corrected chi connectivity index (χ1v) is 12.9. The lowest BCUT2D eigenvalue weighted by molar-refractivity contribution is -0.117. The summed E-state index contributed by atoms with van der Waals surface area (Å²) in [5.41, 5.74) is 8.24. The van der Waals surface area contributed by atoms with Crippen LogP contribution in [0.2, 0.25) is 0 Å². The van der Waals surface area contributed by atoms with Crippen LogP contribution in [0.15, 0.2) is 35.9 Å². The Hall–Kier alpha value is -2.05. The molecule has 0 radical (unpaired) electrons. The van der Waals surface area contributed by atoms with E-state index in [-0.39, 0.29) is 10.8 Å². The zero-order valence-electron chi connectivity index (χ0n) is 20.7. The van der Waals surface area contributed by atoms with Gasteiger partial charge in [0.2, 0.25) is 0 Å². The average Bonchev–Trinajstić information content (AvgIpc) is 3.02. The summed E-state index contributed by atoms with van der Waals surface area (Å²) < 4.78 is 0. The van der Waals surface area contributed by atoms with Crippen molar-refractivity contribution in [2.45, 2.75) is 84.2 Å². The minimum Gasteiger partial charge on any atom is -0.399 e. The molecule has 0 bridgehead atoms. The van der Waals surface area contributed by atoms with Gasteiger partial charge in [0.1, 0.15) is 5.60 Å². The highest BCUT2D eigenvalue weighted by Crippen LogP contribution is 2.68. The number of anilines is 1. The van der Waals surface area contributed by atoms with Crippen LogP contribution in [0.3, 0.4) is 0 Å². The first-order chi connectivity index (χ1) is 15.5. The van der Waals surface area contributed by atoms with Gasteiger partial charge < -0.3 is 10.8 Å². The van der Waals surface area contributed by atoms with E-state index >= 15 is 0 Å². The maximum absolute atomic E-state index is 12.2. The number of ketones is 1. The van der Waals surface area contributed by atoms with Gasteiger partial charge in [-0.2, -0.15) is 0 Å². The van der Waals surface area contributed by atoms with Crippen LogP contribution in [0.4, 0.5) is 5.69 Å². The number of benzene rings is 1. The first-order valence-electron chi connectivity index (χ1n) is 12.9. The number of carbonyl (C=O) groups is 1. The predicted molar refractivity (Wildman–Crippen MR) is 133 cm³/mol. The SMILES string of the molecule is CC(C)(C)C#C[C@]1(O)CC[C@H]2[C@@H]3CCC4=CC(=O)CC[C@@H]4[C@H]3[C@@H](c3ccc(N)cc3)C[C@@]21C. The molecular formula is C30H39NO2. The molecule has 3 heteroatoms. The van der Waals surface area contributed by atoms with Crippen LogP contribution >= 0.6 is 0 Å². The second-order valence-corrected chi connectivity index (χ2v) is 12.5. The van der Waals surface area contributed by atoms with E-state index in [1.165, 1.54) is 11.1 Å². The molecule has 4 aliphatic carbocycles. The Morgan fingerprint density at radius 1 is 1.06 bits per heavy atom. The Labute approximate surface area is 199 Å². The zero-order chi connectivity index (χ0) is 23.6. The number of nitrogens with two attached hydrogens (primary N) is 1. The standard InChI is InChI=1S/C30H39NO2/c1-28(2,3)15-16-30(33)14-13-26-24-11-7-20-17-22(32)10-12-23(20)27(24)25(18-29(26,30)4)19-5-8-21(31)9-6-19/h5-6,8-9,17,23-27,33H,7,10-14,18,31H2,1-4H3/t23-,24-,25+,26-,27+,29-,30+/m0/s1. The van der Waals surface area contributed by atoms with Crippen LogP contribution in [-0.2, 0) is 4.79 Å². The van der Waals surface area contributed by atoms with Crippen LogP contribution in [0, 0.1) is 46.3 Å². The summed E-state index contributed by atoms with van der Waals surface area (Å²) in [6.45, 7) is 8.67. The van der Waals surface area contributed by atoms with Crippen LogP contribution < -0.4 is 5.73 Å². The molecule has 176 valence electrons. The van der Waals surface area contributed by atoms with Crippen LogP contribution in [0.25, 0.3) is 0 Å². The van der Waals surface area contributed by atoms with Crippen molar-refractivity contribution in [3.8, 4) is 11.8 Å². The van der Waals surface area contributed by atoms with Gasteiger partial charge in [0.15, 0.2) is 5.78 Å². The van der Waals surface area contributed by atoms with E-state index < -0.39 is 5.60 Å². The molecule has 3 fully saturated rings. The molecule has 0 saturated heterocycles. The van der Waals surface area contributed by atoms with Crippen LogP contribution in [0.1, 0.15) is 84.1 Å². The maximum atomic E-state index is 12.2. The number of carbonyl (C=O) groups excluding carboxylic acids is 1. The zero-order valence-corrected chi connectivity index (χ0v) is 20.7. The van der Waals surface area contributed by atoms with Gasteiger partial charge in [-0.1, -0.05) is 36.5 Å². The first kappa shape index (κ1) is 22.7. The molecule has 3 N–H and O–H groups in total. The summed E-state index contributed by atoms with van der Waals surface area (Å²) in [6.07, 6.45) is 8.53. The van der Waals surface area contributed by atoms with Crippen LogP contribution in [0.5, 0.6) is 0 Å². The Balaban J connectivity index is 1.60. The van der Waals surface area contributed by atoms with Crippen molar-refractivity contribution in [1.29, 1.82) is 0 Å². The predicted octanol–water partition coefficient (Wildman–Crippen LogP) is 5.88. The van der Waals surface area contributed by atoms with E-state index in [1.807, 2.05) is 18.2 Å². The Kier molecular flexibility index (Phi) is 5.33. The third-order valence-electron chi connectivity index (χ3n) is 9.46. The number of hydrogen-bond donors (Lipinski definition) is 2. The number of hydrogen-bond acceptors (Lipinski definition) is 3. The highest BCUT2D eigenvalue weighted by molar-refractivity contribution is 5.91. The van der Waals surface area contributed by atoms with Gasteiger partial charge in [0.05, 0.1) is 0 Å². The molecule has 3 saturated carbocycles. The van der Waals surface area contributed by atoms with Gasteiger partial charge in [-0.3, -0.25) is 4.79 Å². The van der Waals surface area contributed by atoms with Gasteiger partial charge in [0, 0.05) is 22.9 Å². The molecule has 3 nitrogen and oxygen atoms in total. The van der Waals surface area contributed by atoms with Crippen LogP contribution in [-0.4, -0.2) is 16.5 Å². The summed E-state index contributed by atoms with van der Waals surface area (Å²) >= 11 is 0. The Morgan fingerprint density at radius 3 is 2.48 bits per heavy atom. The van der Waals surface area contributed by atoms with E-state index in [0.29, 0.717) is 41.8 Å². The van der Waals surface area contributed by atoms with E-state index in [1.54, 1.807) is 0 Å². The molecular weight excluding hydrogens is 406 g/mol. The molecule has 0 aliphatic heterocycles. The average molecular weight is 446 g/mol. The smallest absolute Gasteiger partial charge is 0.155 e. The van der Waals surface area contributed by atoms with Crippen molar-refractivity contribution in [3.63, 3.8) is 0 Å². The van der Waals surface area contributed by atoms with E-state index in [2.05, 4.69) is 51.7 Å². The molecule has 0 unspecified atom stereocenters. The van der Waals surface area contributed by atoms with E-state index in [4.69, 9.17) is 5.73 Å². The number of nitrogen functional groups attached to an aromatic ring is 1. The van der Waals surface area contributed by atoms with Gasteiger partial charge >= 0.3 is 0 Å². The number of rotatable bonds is 1. The highest BCUT2D eigenvalue weighted by Gasteiger charge is 2.64. The molecule has 7 atom stereocenters. The lowest BCUT2D eigenvalue weighted by Crippen LogP contribution is -2.54. The number of aliphatic hydroxyl groups is 1. The fraction of sp³-hybridized carbons (Fsp3) is 0.633. The topological polar surface area (TPSA) is 63.3 Å². The molecule has 0 spiro atoms. The molecule has 33 heavy (non-hydrogen) atoms. The second kappa shape index (κ2) is 7.74. The monoisotopic (exact) mass is 445 g/mol. The largest absolute Gasteiger partial charge is 0.399 e. The lowest BCUT2D eigenvalue weighted by Gasteiger charge is -2.58. The van der Waals surface area contributed by atoms with Crippen molar-refractivity contribution < 1.29 is 9.90 Å². The molecule has 0 aromatic heterocycles. The molecule has 4 aliphatic rings. The van der Waals surface area contributed by atoms with Crippen molar-refractivity contribution in [3.05, 3.63) is 41.5 Å². The van der Waals surface area contributed by atoms with Crippen molar-refractivity contribution >= 4 is 11.5 Å². The molecule has 1 aromatic rings. The quantitative estimate of drug-likeness (QED) is 0.419. The van der Waals surface area contributed by atoms with Gasteiger partial charge in [-0.25, -0.2) is 0 Å². The normalized spacial score (nSPS) is 40.1. The summed E-state index contributed by atoms with van der Waals surface area (Å²) in [5, 5.41) is 12.0. The molecule has 0 amide bonds. The van der Waals surface area contributed by atoms with Crippen molar-refractivity contribution in [2.24, 2.45) is 34.5 Å². The Bertz CT molecular complexity index is 1040. The maximum Gasteiger partial charge on any atom is 0.155 e. The Morgan fingerprint density at radius 2 is 1.79 bits per heavy atom. The number of allylic oxidation sites excluding steroid dienone is 1. The summed E-state index contributed by atoms with van der Waals surface area (Å²) in [5.74, 6) is 9.49. The van der Waals surface area contributed by atoms with Gasteiger partial charge in [0.25, 0.3) is 0 Å². The third kappa shape index (κ3) is 3.75. The summed E-state index contributed by atoms with van der Waals surface area (Å²) in [7, 11) is 0. The van der Waals surface area contributed by atoms with E-state index in [0.717, 1.165) is 44.2 Å². The summed E-state index contributed by atoms with van der Waals surface area (Å²) in [6, 6.07) is 8.43. The second-order valence-electron chi connectivity index (χ2n) is 12.5. The van der Waals surface area contributed by atoms with Gasteiger partial charge in [-0.15, -0.1) is 0 Å². The molecule has 5 rings (SSSR count). The van der Waals surface area contributed by atoms with Gasteiger partial charge in [-0.05, 0) is 113 Å². The highest BCUT2D eigenvalue weighted by atomic mass is 16.3.